The number of carboxylic acids is 1. The highest BCUT2D eigenvalue weighted by molar-refractivity contribution is 5.80. The summed E-state index contributed by atoms with van der Waals surface area (Å²) in [6.45, 7) is 0.966. The molecule has 1 fully saturated rings. The topological polar surface area (TPSA) is 75.4 Å². The molecule has 3 rings (SSSR count). The van der Waals surface area contributed by atoms with Gasteiger partial charge in [0.05, 0.1) is 18.0 Å². The number of aromatic nitrogens is 2. The third kappa shape index (κ3) is 3.59. The molecule has 1 aliphatic rings. The van der Waals surface area contributed by atoms with Gasteiger partial charge in [-0.25, -0.2) is 4.68 Å². The molecule has 0 bridgehead atoms. The van der Waals surface area contributed by atoms with Gasteiger partial charge in [0.25, 0.3) is 0 Å². The minimum Gasteiger partial charge on any atom is -0.481 e. The Kier molecular flexibility index (Phi) is 4.41. The van der Waals surface area contributed by atoms with Crippen LogP contribution in [0.5, 0.6) is 0 Å². The summed E-state index contributed by atoms with van der Waals surface area (Å²) < 4.78 is 1.76. The predicted molar refractivity (Wildman–Crippen MR) is 84.2 cm³/mol. The standard InChI is InChI=1S/C17H19N3O3/c21-16(19-9-1-3-14(12-19)17(22)23)11-13-4-6-15(7-5-13)20-10-2-8-18-20/h2,4-8,10,14H,1,3,9,11-12H2,(H,22,23)/t14-/m0/s1. The SMILES string of the molecule is O=C(O)[C@H]1CCCN(C(=O)Cc2ccc(-n3cccn3)cc2)C1. The van der Waals surface area contributed by atoms with Crippen LogP contribution in [0.2, 0.25) is 0 Å². The molecular weight excluding hydrogens is 294 g/mol. The van der Waals surface area contributed by atoms with E-state index in [0.29, 0.717) is 25.9 Å². The maximum atomic E-state index is 12.4. The molecular formula is C17H19N3O3. The van der Waals surface area contributed by atoms with E-state index in [-0.39, 0.29) is 5.91 Å². The van der Waals surface area contributed by atoms with Crippen molar-refractivity contribution in [3.05, 3.63) is 48.3 Å². The minimum absolute atomic E-state index is 0.0113. The highest BCUT2D eigenvalue weighted by atomic mass is 16.4. The second kappa shape index (κ2) is 6.64. The summed E-state index contributed by atoms with van der Waals surface area (Å²) in [5.74, 6) is -1.26. The maximum absolute atomic E-state index is 12.4. The number of piperidine rings is 1. The summed E-state index contributed by atoms with van der Waals surface area (Å²) in [6.07, 6.45) is 5.27. The third-order valence-corrected chi connectivity index (χ3v) is 4.18. The van der Waals surface area contributed by atoms with Gasteiger partial charge >= 0.3 is 5.97 Å². The summed E-state index contributed by atoms with van der Waals surface area (Å²) in [6, 6.07) is 9.52. The first-order valence-corrected chi connectivity index (χ1v) is 7.73. The number of amides is 1. The number of hydrogen-bond donors (Lipinski definition) is 1. The molecule has 0 radical (unpaired) electrons. The fourth-order valence-corrected chi connectivity index (χ4v) is 2.88. The number of nitrogens with zero attached hydrogens (tertiary/aromatic N) is 3. The van der Waals surface area contributed by atoms with E-state index < -0.39 is 11.9 Å². The van der Waals surface area contributed by atoms with E-state index in [2.05, 4.69) is 5.10 Å². The highest BCUT2D eigenvalue weighted by Gasteiger charge is 2.27. The largest absolute Gasteiger partial charge is 0.481 e. The zero-order valence-corrected chi connectivity index (χ0v) is 12.8. The molecule has 0 aliphatic carbocycles. The number of carbonyl (C=O) groups excluding carboxylic acids is 1. The molecule has 6 heteroatoms. The first-order chi connectivity index (χ1) is 11.1. The van der Waals surface area contributed by atoms with Crippen LogP contribution in [0.1, 0.15) is 18.4 Å². The Hall–Kier alpha value is -2.63. The lowest BCUT2D eigenvalue weighted by molar-refractivity contribution is -0.145. The Morgan fingerprint density at radius 1 is 1.26 bits per heavy atom. The molecule has 1 saturated heterocycles. The monoisotopic (exact) mass is 313 g/mol. The molecule has 1 amide bonds. The Bertz CT molecular complexity index is 680. The molecule has 2 heterocycles. The Morgan fingerprint density at radius 3 is 2.70 bits per heavy atom. The van der Waals surface area contributed by atoms with Crippen molar-refractivity contribution in [3.63, 3.8) is 0 Å². The first-order valence-electron chi connectivity index (χ1n) is 7.73. The summed E-state index contributed by atoms with van der Waals surface area (Å²) in [5.41, 5.74) is 1.86. The number of rotatable bonds is 4. The molecule has 1 aromatic carbocycles. The summed E-state index contributed by atoms with van der Waals surface area (Å²) >= 11 is 0. The van der Waals surface area contributed by atoms with Gasteiger partial charge < -0.3 is 10.0 Å². The molecule has 120 valence electrons. The second-order valence-corrected chi connectivity index (χ2v) is 5.81. The molecule has 1 N–H and O–H groups in total. The lowest BCUT2D eigenvalue weighted by Crippen LogP contribution is -2.42. The number of aliphatic carboxylic acids is 1. The minimum atomic E-state index is -0.814. The van der Waals surface area contributed by atoms with Crippen LogP contribution in [-0.4, -0.2) is 44.8 Å². The molecule has 1 aliphatic heterocycles. The van der Waals surface area contributed by atoms with Gasteiger partial charge in [-0.15, -0.1) is 0 Å². The van der Waals surface area contributed by atoms with Crippen molar-refractivity contribution in [2.45, 2.75) is 19.3 Å². The lowest BCUT2D eigenvalue weighted by atomic mass is 9.97. The highest BCUT2D eigenvalue weighted by Crippen LogP contribution is 2.18. The number of carbonyl (C=O) groups is 2. The molecule has 1 atom stereocenters. The first kappa shape index (κ1) is 15.3. The van der Waals surface area contributed by atoms with Gasteiger partial charge in [-0.2, -0.15) is 5.10 Å². The van der Waals surface area contributed by atoms with Crippen molar-refractivity contribution < 1.29 is 14.7 Å². The van der Waals surface area contributed by atoms with E-state index in [4.69, 9.17) is 5.11 Å². The maximum Gasteiger partial charge on any atom is 0.308 e. The molecule has 2 aromatic rings. The summed E-state index contributed by atoms with van der Waals surface area (Å²) in [7, 11) is 0. The van der Waals surface area contributed by atoms with Gasteiger partial charge in [0.1, 0.15) is 0 Å². The summed E-state index contributed by atoms with van der Waals surface area (Å²) in [5, 5.41) is 13.3. The van der Waals surface area contributed by atoms with E-state index in [1.807, 2.05) is 36.5 Å². The fourth-order valence-electron chi connectivity index (χ4n) is 2.88. The lowest BCUT2D eigenvalue weighted by Gasteiger charge is -2.30. The Morgan fingerprint density at radius 2 is 2.04 bits per heavy atom. The zero-order chi connectivity index (χ0) is 16.2. The Balaban J connectivity index is 1.62. The van der Waals surface area contributed by atoms with Crippen molar-refractivity contribution in [1.29, 1.82) is 0 Å². The van der Waals surface area contributed by atoms with Crippen LogP contribution in [0.4, 0.5) is 0 Å². The van der Waals surface area contributed by atoms with Crippen LogP contribution in [0.15, 0.2) is 42.7 Å². The number of hydrogen-bond acceptors (Lipinski definition) is 3. The van der Waals surface area contributed by atoms with Crippen LogP contribution in [-0.2, 0) is 16.0 Å². The fraction of sp³-hybridized carbons (Fsp3) is 0.353. The van der Waals surface area contributed by atoms with E-state index in [9.17, 15) is 9.59 Å². The zero-order valence-electron chi connectivity index (χ0n) is 12.8. The van der Waals surface area contributed by atoms with Crippen LogP contribution < -0.4 is 0 Å². The van der Waals surface area contributed by atoms with Gasteiger partial charge in [0.15, 0.2) is 0 Å². The van der Waals surface area contributed by atoms with Crippen LogP contribution >= 0.6 is 0 Å². The van der Waals surface area contributed by atoms with Gasteiger partial charge in [0, 0.05) is 25.5 Å². The molecule has 6 nitrogen and oxygen atoms in total. The van der Waals surface area contributed by atoms with E-state index >= 15 is 0 Å². The number of benzene rings is 1. The van der Waals surface area contributed by atoms with Gasteiger partial charge in [-0.05, 0) is 36.6 Å². The van der Waals surface area contributed by atoms with Gasteiger partial charge in [-0.3, -0.25) is 9.59 Å². The molecule has 0 spiro atoms. The van der Waals surface area contributed by atoms with E-state index in [1.54, 1.807) is 15.8 Å². The Labute approximate surface area is 134 Å². The van der Waals surface area contributed by atoms with Gasteiger partial charge in [0.2, 0.25) is 5.91 Å². The second-order valence-electron chi connectivity index (χ2n) is 5.81. The number of carboxylic acid groups (broad SMARTS) is 1. The van der Waals surface area contributed by atoms with Crippen molar-refractivity contribution in [1.82, 2.24) is 14.7 Å². The third-order valence-electron chi connectivity index (χ3n) is 4.18. The van der Waals surface area contributed by atoms with E-state index in [0.717, 1.165) is 17.7 Å². The summed E-state index contributed by atoms with van der Waals surface area (Å²) in [4.78, 5) is 25.1. The number of likely N-dealkylation sites (tertiary alicyclic amines) is 1. The molecule has 0 saturated carbocycles. The molecule has 23 heavy (non-hydrogen) atoms. The van der Waals surface area contributed by atoms with Crippen molar-refractivity contribution >= 4 is 11.9 Å². The smallest absolute Gasteiger partial charge is 0.308 e. The van der Waals surface area contributed by atoms with Crippen molar-refractivity contribution in [3.8, 4) is 5.69 Å². The average Bonchev–Trinajstić information content (AvgIpc) is 3.10. The van der Waals surface area contributed by atoms with Crippen molar-refractivity contribution in [2.24, 2.45) is 5.92 Å². The van der Waals surface area contributed by atoms with Crippen LogP contribution in [0.3, 0.4) is 0 Å². The van der Waals surface area contributed by atoms with Crippen LogP contribution in [0.25, 0.3) is 5.69 Å². The van der Waals surface area contributed by atoms with Crippen molar-refractivity contribution in [2.75, 3.05) is 13.1 Å². The molecule has 0 unspecified atom stereocenters. The van der Waals surface area contributed by atoms with Gasteiger partial charge in [-0.1, -0.05) is 12.1 Å². The van der Waals surface area contributed by atoms with Crippen LogP contribution in [0, 0.1) is 5.92 Å². The normalized spacial score (nSPS) is 17.9. The predicted octanol–water partition coefficient (Wildman–Crippen LogP) is 1.74. The molecule has 1 aromatic heterocycles. The average molecular weight is 313 g/mol. The van der Waals surface area contributed by atoms with E-state index in [1.165, 1.54) is 0 Å². The quantitative estimate of drug-likeness (QED) is 0.933.